The number of nitrogens with one attached hydrogen (secondary N) is 1. The van der Waals surface area contributed by atoms with Crippen LogP contribution in [0.15, 0.2) is 78.9 Å². The molecule has 2 atom stereocenters. The molecule has 0 aliphatic heterocycles. The van der Waals surface area contributed by atoms with Crippen molar-refractivity contribution in [3.8, 4) is 0 Å². The van der Waals surface area contributed by atoms with Crippen molar-refractivity contribution in [2.24, 2.45) is 0 Å². The van der Waals surface area contributed by atoms with E-state index in [1.54, 1.807) is 4.90 Å². The zero-order chi connectivity index (χ0) is 24.5. The summed E-state index contributed by atoms with van der Waals surface area (Å²) in [5.41, 5.74) is 5.25. The summed E-state index contributed by atoms with van der Waals surface area (Å²) in [6, 6.07) is 25.5. The number of nitrogens with zero attached hydrogens (tertiary/aromatic N) is 1. The molecule has 0 saturated carbocycles. The summed E-state index contributed by atoms with van der Waals surface area (Å²) in [5.74, 6) is -0.152. The number of benzene rings is 3. The van der Waals surface area contributed by atoms with Crippen molar-refractivity contribution in [2.45, 2.75) is 65.6 Å². The molecule has 2 amide bonds. The second kappa shape index (κ2) is 12.2. The highest BCUT2D eigenvalue weighted by Crippen LogP contribution is 2.19. The molecule has 4 heteroatoms. The number of hydrogen-bond acceptors (Lipinski definition) is 2. The lowest BCUT2D eigenvalue weighted by atomic mass is 9.99. The fourth-order valence-corrected chi connectivity index (χ4v) is 4.03. The number of amides is 2. The van der Waals surface area contributed by atoms with Gasteiger partial charge < -0.3 is 10.2 Å². The second-order valence-electron chi connectivity index (χ2n) is 9.14. The first-order valence-corrected chi connectivity index (χ1v) is 12.1. The van der Waals surface area contributed by atoms with Crippen molar-refractivity contribution in [3.05, 3.63) is 107 Å². The van der Waals surface area contributed by atoms with Gasteiger partial charge in [0.25, 0.3) is 0 Å². The first-order chi connectivity index (χ1) is 16.4. The zero-order valence-corrected chi connectivity index (χ0v) is 20.8. The number of rotatable bonds is 10. The van der Waals surface area contributed by atoms with E-state index in [4.69, 9.17) is 0 Å². The van der Waals surface area contributed by atoms with Crippen LogP contribution in [0.25, 0.3) is 0 Å². The van der Waals surface area contributed by atoms with Gasteiger partial charge in [0.05, 0.1) is 6.42 Å². The maximum absolute atomic E-state index is 13.8. The molecule has 3 aromatic rings. The maximum atomic E-state index is 13.8. The van der Waals surface area contributed by atoms with E-state index in [1.165, 1.54) is 0 Å². The standard InChI is InChI=1S/C30H36N2O2/c1-5-24(4)31-30(34)28(19-25-12-8-6-9-13-25)32(21-26-14-10-7-11-15-26)29(33)20-27-18-22(2)16-17-23(27)3/h6-18,24,28H,5,19-21H2,1-4H3,(H,31,34). The van der Waals surface area contributed by atoms with E-state index in [2.05, 4.69) is 23.5 Å². The Morgan fingerprint density at radius 2 is 1.50 bits per heavy atom. The number of aryl methyl sites for hydroxylation is 2. The van der Waals surface area contributed by atoms with Gasteiger partial charge in [-0.05, 0) is 49.4 Å². The predicted octanol–water partition coefficient (Wildman–Crippen LogP) is 5.40. The van der Waals surface area contributed by atoms with Gasteiger partial charge in [-0.15, -0.1) is 0 Å². The summed E-state index contributed by atoms with van der Waals surface area (Å²) in [6.07, 6.45) is 1.57. The summed E-state index contributed by atoms with van der Waals surface area (Å²) in [7, 11) is 0. The van der Waals surface area contributed by atoms with Crippen LogP contribution >= 0.6 is 0 Å². The van der Waals surface area contributed by atoms with Crippen LogP contribution in [0.1, 0.15) is 48.1 Å². The van der Waals surface area contributed by atoms with Crippen molar-refractivity contribution < 1.29 is 9.59 Å². The molecule has 0 aliphatic rings. The Kier molecular flexibility index (Phi) is 9.03. The zero-order valence-electron chi connectivity index (χ0n) is 20.8. The van der Waals surface area contributed by atoms with E-state index in [-0.39, 0.29) is 24.3 Å². The third-order valence-corrected chi connectivity index (χ3v) is 6.31. The Balaban J connectivity index is 1.98. The monoisotopic (exact) mass is 456 g/mol. The van der Waals surface area contributed by atoms with E-state index in [0.717, 1.165) is 34.2 Å². The Morgan fingerprint density at radius 1 is 0.882 bits per heavy atom. The average molecular weight is 457 g/mol. The van der Waals surface area contributed by atoms with Gasteiger partial charge in [-0.1, -0.05) is 91.3 Å². The molecule has 178 valence electrons. The minimum absolute atomic E-state index is 0.0402. The molecule has 0 aromatic heterocycles. The lowest BCUT2D eigenvalue weighted by Crippen LogP contribution is -2.52. The quantitative estimate of drug-likeness (QED) is 0.444. The molecular formula is C30H36N2O2. The van der Waals surface area contributed by atoms with Crippen LogP contribution in [-0.4, -0.2) is 28.8 Å². The van der Waals surface area contributed by atoms with Gasteiger partial charge in [-0.3, -0.25) is 9.59 Å². The highest BCUT2D eigenvalue weighted by Gasteiger charge is 2.31. The average Bonchev–Trinajstić information content (AvgIpc) is 2.84. The minimum atomic E-state index is -0.603. The van der Waals surface area contributed by atoms with Gasteiger partial charge in [-0.2, -0.15) is 0 Å². The van der Waals surface area contributed by atoms with Crippen LogP contribution in [0.3, 0.4) is 0 Å². The third-order valence-electron chi connectivity index (χ3n) is 6.31. The molecule has 34 heavy (non-hydrogen) atoms. The van der Waals surface area contributed by atoms with Crippen molar-refractivity contribution in [1.82, 2.24) is 10.2 Å². The van der Waals surface area contributed by atoms with E-state index >= 15 is 0 Å². The van der Waals surface area contributed by atoms with Gasteiger partial charge in [0.1, 0.15) is 6.04 Å². The van der Waals surface area contributed by atoms with Crippen molar-refractivity contribution in [3.63, 3.8) is 0 Å². The van der Waals surface area contributed by atoms with Crippen LogP contribution in [0.4, 0.5) is 0 Å². The molecule has 1 N–H and O–H groups in total. The fourth-order valence-electron chi connectivity index (χ4n) is 4.03. The van der Waals surface area contributed by atoms with E-state index in [1.807, 2.05) is 88.4 Å². The minimum Gasteiger partial charge on any atom is -0.352 e. The Labute approximate surface area is 204 Å². The van der Waals surface area contributed by atoms with E-state index in [0.29, 0.717) is 13.0 Å². The largest absolute Gasteiger partial charge is 0.352 e. The van der Waals surface area contributed by atoms with Crippen molar-refractivity contribution in [1.29, 1.82) is 0 Å². The SMILES string of the molecule is CCC(C)NC(=O)C(Cc1ccccc1)N(Cc1ccccc1)C(=O)Cc1cc(C)ccc1C. The van der Waals surface area contributed by atoms with Crippen LogP contribution < -0.4 is 5.32 Å². The summed E-state index contributed by atoms with van der Waals surface area (Å²) >= 11 is 0. The molecule has 0 saturated heterocycles. The lowest BCUT2D eigenvalue weighted by Gasteiger charge is -2.32. The lowest BCUT2D eigenvalue weighted by molar-refractivity contribution is -0.141. The van der Waals surface area contributed by atoms with Gasteiger partial charge in [0, 0.05) is 19.0 Å². The predicted molar refractivity (Wildman–Crippen MR) is 138 cm³/mol. The molecule has 2 unspecified atom stereocenters. The van der Waals surface area contributed by atoms with Gasteiger partial charge >= 0.3 is 0 Å². The summed E-state index contributed by atoms with van der Waals surface area (Å²) in [5, 5.41) is 3.12. The van der Waals surface area contributed by atoms with Gasteiger partial charge in [0.15, 0.2) is 0 Å². The highest BCUT2D eigenvalue weighted by atomic mass is 16.2. The molecule has 4 nitrogen and oxygen atoms in total. The Morgan fingerprint density at radius 3 is 2.12 bits per heavy atom. The van der Waals surface area contributed by atoms with Crippen molar-refractivity contribution >= 4 is 11.8 Å². The van der Waals surface area contributed by atoms with Crippen LogP contribution in [-0.2, 0) is 29.0 Å². The molecule has 3 aromatic carbocycles. The summed E-state index contributed by atoms with van der Waals surface area (Å²) < 4.78 is 0. The molecule has 0 heterocycles. The molecule has 3 rings (SSSR count). The first-order valence-electron chi connectivity index (χ1n) is 12.1. The molecule has 0 bridgehead atoms. The summed E-state index contributed by atoms with van der Waals surface area (Å²) in [4.78, 5) is 29.1. The van der Waals surface area contributed by atoms with Crippen LogP contribution in [0, 0.1) is 13.8 Å². The number of hydrogen-bond donors (Lipinski definition) is 1. The molecule has 0 fully saturated rings. The van der Waals surface area contributed by atoms with E-state index in [9.17, 15) is 9.59 Å². The van der Waals surface area contributed by atoms with Crippen LogP contribution in [0.2, 0.25) is 0 Å². The molecule has 0 spiro atoms. The van der Waals surface area contributed by atoms with Gasteiger partial charge in [0.2, 0.25) is 11.8 Å². The maximum Gasteiger partial charge on any atom is 0.243 e. The number of carbonyl (C=O) groups excluding carboxylic acids is 2. The highest BCUT2D eigenvalue weighted by molar-refractivity contribution is 5.89. The molecule has 0 aliphatic carbocycles. The third kappa shape index (κ3) is 7.05. The van der Waals surface area contributed by atoms with Crippen molar-refractivity contribution in [2.75, 3.05) is 0 Å². The smallest absolute Gasteiger partial charge is 0.243 e. The first kappa shape index (κ1) is 25.2. The molecular weight excluding hydrogens is 420 g/mol. The normalized spacial score (nSPS) is 12.6. The molecule has 0 radical (unpaired) electrons. The van der Waals surface area contributed by atoms with Crippen LogP contribution in [0.5, 0.6) is 0 Å². The topological polar surface area (TPSA) is 49.4 Å². The fraction of sp³-hybridized carbons (Fsp3) is 0.333. The van der Waals surface area contributed by atoms with Gasteiger partial charge in [-0.25, -0.2) is 0 Å². The Hall–Kier alpha value is -3.40. The van der Waals surface area contributed by atoms with E-state index < -0.39 is 6.04 Å². The number of carbonyl (C=O) groups is 2. The Bertz CT molecular complexity index is 1080. The summed E-state index contributed by atoms with van der Waals surface area (Å²) in [6.45, 7) is 8.49. The second-order valence-corrected chi connectivity index (χ2v) is 9.14.